The highest BCUT2D eigenvalue weighted by Gasteiger charge is 2.09. The summed E-state index contributed by atoms with van der Waals surface area (Å²) in [5, 5.41) is 13.2. The van der Waals surface area contributed by atoms with Crippen LogP contribution in [0.2, 0.25) is 0 Å². The molecule has 0 spiro atoms. The van der Waals surface area contributed by atoms with Crippen molar-refractivity contribution in [1.82, 2.24) is 10.1 Å². The normalized spacial score (nSPS) is 10.7. The second-order valence-electron chi connectivity index (χ2n) is 4.37. The number of aromatic nitrogens is 2. The van der Waals surface area contributed by atoms with E-state index in [0.717, 1.165) is 15.6 Å². The Hall–Kier alpha value is -2.14. The SMILES string of the molecule is Oc1ccc(-c2nc(Cc3cccc(Br)c3)no2)cc1. The van der Waals surface area contributed by atoms with Gasteiger partial charge in [0.2, 0.25) is 0 Å². The number of hydrogen-bond acceptors (Lipinski definition) is 4. The smallest absolute Gasteiger partial charge is 0.257 e. The van der Waals surface area contributed by atoms with E-state index in [1.165, 1.54) is 0 Å². The fraction of sp³-hybridized carbons (Fsp3) is 0.0667. The lowest BCUT2D eigenvalue weighted by molar-refractivity contribution is 0.423. The van der Waals surface area contributed by atoms with Gasteiger partial charge in [0.15, 0.2) is 5.82 Å². The number of hydrogen-bond donors (Lipinski definition) is 1. The molecule has 3 aromatic rings. The zero-order valence-electron chi connectivity index (χ0n) is 10.5. The molecular formula is C15H11BrN2O2. The van der Waals surface area contributed by atoms with E-state index in [2.05, 4.69) is 26.1 Å². The van der Waals surface area contributed by atoms with Crippen LogP contribution >= 0.6 is 15.9 Å². The van der Waals surface area contributed by atoms with Gasteiger partial charge in [-0.05, 0) is 42.0 Å². The first kappa shape index (κ1) is 12.9. The molecule has 4 nitrogen and oxygen atoms in total. The minimum Gasteiger partial charge on any atom is -0.508 e. The van der Waals surface area contributed by atoms with Crippen LogP contribution < -0.4 is 0 Å². The molecule has 0 atom stereocenters. The van der Waals surface area contributed by atoms with Crippen molar-refractivity contribution in [2.45, 2.75) is 6.42 Å². The molecule has 0 amide bonds. The lowest BCUT2D eigenvalue weighted by Crippen LogP contribution is -1.90. The molecule has 0 aliphatic heterocycles. The summed E-state index contributed by atoms with van der Waals surface area (Å²) in [7, 11) is 0. The molecule has 1 aromatic heterocycles. The predicted octanol–water partition coefficient (Wildman–Crippen LogP) is 3.80. The maximum Gasteiger partial charge on any atom is 0.257 e. The second kappa shape index (κ2) is 5.46. The largest absolute Gasteiger partial charge is 0.508 e. The van der Waals surface area contributed by atoms with Crippen molar-refractivity contribution in [3.05, 3.63) is 64.4 Å². The molecule has 0 unspecified atom stereocenters. The highest BCUT2D eigenvalue weighted by molar-refractivity contribution is 9.10. The number of phenolic OH excluding ortho intramolecular Hbond substituents is 1. The van der Waals surface area contributed by atoms with E-state index < -0.39 is 0 Å². The third-order valence-corrected chi connectivity index (χ3v) is 3.33. The van der Waals surface area contributed by atoms with E-state index in [1.54, 1.807) is 24.3 Å². The molecule has 20 heavy (non-hydrogen) atoms. The Kier molecular flexibility index (Phi) is 3.52. The Morgan fingerprint density at radius 2 is 1.90 bits per heavy atom. The quantitative estimate of drug-likeness (QED) is 0.793. The Balaban J connectivity index is 1.82. The van der Waals surface area contributed by atoms with Crippen molar-refractivity contribution in [3.63, 3.8) is 0 Å². The number of nitrogens with zero attached hydrogens (tertiary/aromatic N) is 2. The van der Waals surface area contributed by atoms with Gasteiger partial charge >= 0.3 is 0 Å². The molecule has 0 aliphatic rings. The molecule has 1 N–H and O–H groups in total. The van der Waals surface area contributed by atoms with Crippen LogP contribution in [-0.2, 0) is 6.42 Å². The summed E-state index contributed by atoms with van der Waals surface area (Å²) in [6, 6.07) is 14.7. The average Bonchev–Trinajstić information content (AvgIpc) is 2.88. The zero-order chi connectivity index (χ0) is 13.9. The minimum atomic E-state index is 0.211. The topological polar surface area (TPSA) is 59.2 Å². The highest BCUT2D eigenvalue weighted by atomic mass is 79.9. The van der Waals surface area contributed by atoms with Gasteiger partial charge in [-0.25, -0.2) is 0 Å². The fourth-order valence-electron chi connectivity index (χ4n) is 1.88. The van der Waals surface area contributed by atoms with Crippen LogP contribution in [-0.4, -0.2) is 15.2 Å². The molecule has 0 aliphatic carbocycles. The summed E-state index contributed by atoms with van der Waals surface area (Å²) in [6.07, 6.45) is 0.612. The van der Waals surface area contributed by atoms with Crippen LogP contribution in [0.15, 0.2) is 57.5 Å². The van der Waals surface area contributed by atoms with Crippen molar-refractivity contribution in [2.75, 3.05) is 0 Å². The van der Waals surface area contributed by atoms with Gasteiger partial charge in [0.05, 0.1) is 0 Å². The number of halogens is 1. The Morgan fingerprint density at radius 1 is 1.10 bits per heavy atom. The van der Waals surface area contributed by atoms with Crippen LogP contribution in [0.3, 0.4) is 0 Å². The summed E-state index contributed by atoms with van der Waals surface area (Å²) in [4.78, 5) is 4.36. The maximum absolute atomic E-state index is 9.26. The van der Waals surface area contributed by atoms with E-state index in [-0.39, 0.29) is 5.75 Å². The minimum absolute atomic E-state index is 0.211. The van der Waals surface area contributed by atoms with Crippen LogP contribution in [0.25, 0.3) is 11.5 Å². The van der Waals surface area contributed by atoms with Crippen LogP contribution in [0.1, 0.15) is 11.4 Å². The Labute approximate surface area is 124 Å². The van der Waals surface area contributed by atoms with Crippen LogP contribution in [0.5, 0.6) is 5.75 Å². The Bertz CT molecular complexity index is 723. The zero-order valence-corrected chi connectivity index (χ0v) is 12.0. The summed E-state index contributed by atoms with van der Waals surface area (Å²) >= 11 is 3.44. The first-order valence-electron chi connectivity index (χ1n) is 6.07. The third-order valence-electron chi connectivity index (χ3n) is 2.83. The number of benzene rings is 2. The average molecular weight is 331 g/mol. The molecule has 0 radical (unpaired) electrons. The van der Waals surface area contributed by atoms with Crippen molar-refractivity contribution >= 4 is 15.9 Å². The van der Waals surface area contributed by atoms with E-state index in [1.807, 2.05) is 24.3 Å². The van der Waals surface area contributed by atoms with Gasteiger partial charge in [0.1, 0.15) is 5.75 Å². The first-order chi connectivity index (χ1) is 9.70. The summed E-state index contributed by atoms with van der Waals surface area (Å²) < 4.78 is 6.26. The molecule has 100 valence electrons. The standard InChI is InChI=1S/C15H11BrN2O2/c16-12-3-1-2-10(8-12)9-14-17-15(20-18-14)11-4-6-13(19)7-5-11/h1-8,19H,9H2. The second-order valence-corrected chi connectivity index (χ2v) is 5.29. The lowest BCUT2D eigenvalue weighted by Gasteiger charge is -1.97. The van der Waals surface area contributed by atoms with Crippen LogP contribution in [0.4, 0.5) is 0 Å². The molecule has 0 bridgehead atoms. The van der Waals surface area contributed by atoms with Crippen molar-refractivity contribution in [1.29, 1.82) is 0 Å². The number of phenols is 1. The molecule has 5 heteroatoms. The summed E-state index contributed by atoms with van der Waals surface area (Å²) in [5.41, 5.74) is 1.90. The molecule has 0 saturated heterocycles. The van der Waals surface area contributed by atoms with Gasteiger partial charge in [-0.1, -0.05) is 33.2 Å². The third kappa shape index (κ3) is 2.88. The Morgan fingerprint density at radius 3 is 2.65 bits per heavy atom. The first-order valence-corrected chi connectivity index (χ1v) is 6.86. The molecule has 0 saturated carbocycles. The number of aromatic hydroxyl groups is 1. The molecular weight excluding hydrogens is 320 g/mol. The van der Waals surface area contributed by atoms with E-state index in [4.69, 9.17) is 4.52 Å². The van der Waals surface area contributed by atoms with Gasteiger partial charge in [0.25, 0.3) is 5.89 Å². The monoisotopic (exact) mass is 330 g/mol. The van der Waals surface area contributed by atoms with Gasteiger partial charge < -0.3 is 9.63 Å². The maximum atomic E-state index is 9.26. The van der Waals surface area contributed by atoms with Crippen molar-refractivity contribution in [3.8, 4) is 17.2 Å². The van der Waals surface area contributed by atoms with Gasteiger partial charge in [0, 0.05) is 16.5 Å². The van der Waals surface area contributed by atoms with E-state index >= 15 is 0 Å². The van der Waals surface area contributed by atoms with Gasteiger partial charge in [-0.2, -0.15) is 4.98 Å². The number of rotatable bonds is 3. The highest BCUT2D eigenvalue weighted by Crippen LogP contribution is 2.21. The van der Waals surface area contributed by atoms with E-state index in [0.29, 0.717) is 18.1 Å². The molecule has 0 fully saturated rings. The van der Waals surface area contributed by atoms with Crippen LogP contribution in [0, 0.1) is 0 Å². The predicted molar refractivity (Wildman–Crippen MR) is 78.3 cm³/mol. The van der Waals surface area contributed by atoms with Gasteiger partial charge in [-0.3, -0.25) is 0 Å². The van der Waals surface area contributed by atoms with Gasteiger partial charge in [-0.15, -0.1) is 0 Å². The fourth-order valence-corrected chi connectivity index (χ4v) is 2.32. The summed E-state index contributed by atoms with van der Waals surface area (Å²) in [5.74, 6) is 1.30. The van der Waals surface area contributed by atoms with Crippen molar-refractivity contribution < 1.29 is 9.63 Å². The molecule has 3 rings (SSSR count). The van der Waals surface area contributed by atoms with E-state index in [9.17, 15) is 5.11 Å². The molecule has 1 heterocycles. The lowest BCUT2D eigenvalue weighted by atomic mass is 10.1. The van der Waals surface area contributed by atoms with Crippen molar-refractivity contribution in [2.24, 2.45) is 0 Å². The molecule has 2 aromatic carbocycles. The summed E-state index contributed by atoms with van der Waals surface area (Å²) in [6.45, 7) is 0.